The summed E-state index contributed by atoms with van der Waals surface area (Å²) in [4.78, 5) is 12.4. The van der Waals surface area contributed by atoms with Gasteiger partial charge in [0.1, 0.15) is 0 Å². The number of nitro benzene ring substituents is 1. The zero-order valence-corrected chi connectivity index (χ0v) is 12.9. The van der Waals surface area contributed by atoms with E-state index >= 15 is 0 Å². The molecular formula is C16H18N2O2S. The molecule has 1 atom stereocenters. The third-order valence-electron chi connectivity index (χ3n) is 3.32. The SMILES string of the molecule is CCC(NC)c1ccc(Sc2ccc([N+](=O)[O-])cc2)cc1. The summed E-state index contributed by atoms with van der Waals surface area (Å²) < 4.78 is 0. The highest BCUT2D eigenvalue weighted by atomic mass is 32.2. The Hall–Kier alpha value is -1.85. The second-order valence-corrected chi connectivity index (χ2v) is 5.82. The molecule has 0 saturated carbocycles. The highest BCUT2D eigenvalue weighted by Gasteiger charge is 2.07. The first-order valence-corrected chi connectivity index (χ1v) is 7.65. The van der Waals surface area contributed by atoms with Crippen molar-refractivity contribution in [3.63, 3.8) is 0 Å². The molecule has 0 fully saturated rings. The van der Waals surface area contributed by atoms with E-state index in [1.807, 2.05) is 7.05 Å². The van der Waals surface area contributed by atoms with Gasteiger partial charge in [0.15, 0.2) is 0 Å². The lowest BCUT2D eigenvalue weighted by Gasteiger charge is -2.14. The van der Waals surface area contributed by atoms with Gasteiger partial charge in [-0.2, -0.15) is 0 Å². The summed E-state index contributed by atoms with van der Waals surface area (Å²) in [6.07, 6.45) is 1.05. The van der Waals surface area contributed by atoms with Gasteiger partial charge in [-0.3, -0.25) is 10.1 Å². The van der Waals surface area contributed by atoms with E-state index in [-0.39, 0.29) is 10.6 Å². The maximum Gasteiger partial charge on any atom is 0.269 e. The molecule has 0 spiro atoms. The van der Waals surface area contributed by atoms with Gasteiger partial charge in [-0.1, -0.05) is 30.8 Å². The number of rotatable bonds is 6. The highest BCUT2D eigenvalue weighted by Crippen LogP contribution is 2.30. The van der Waals surface area contributed by atoms with Crippen molar-refractivity contribution in [1.82, 2.24) is 5.32 Å². The van der Waals surface area contributed by atoms with Crippen molar-refractivity contribution in [2.24, 2.45) is 0 Å². The van der Waals surface area contributed by atoms with Crippen molar-refractivity contribution in [3.05, 3.63) is 64.2 Å². The molecule has 1 unspecified atom stereocenters. The summed E-state index contributed by atoms with van der Waals surface area (Å²) in [6.45, 7) is 2.15. The van der Waals surface area contributed by atoms with E-state index in [2.05, 4.69) is 36.5 Å². The molecule has 2 aromatic carbocycles. The van der Waals surface area contributed by atoms with Gasteiger partial charge >= 0.3 is 0 Å². The van der Waals surface area contributed by atoms with E-state index in [0.717, 1.165) is 16.2 Å². The Morgan fingerprint density at radius 2 is 1.62 bits per heavy atom. The van der Waals surface area contributed by atoms with Crippen molar-refractivity contribution in [3.8, 4) is 0 Å². The van der Waals surface area contributed by atoms with Crippen LogP contribution in [0.4, 0.5) is 5.69 Å². The van der Waals surface area contributed by atoms with E-state index in [4.69, 9.17) is 0 Å². The first-order valence-electron chi connectivity index (χ1n) is 6.83. The molecule has 2 rings (SSSR count). The molecule has 0 amide bonds. The van der Waals surface area contributed by atoms with Crippen LogP contribution in [0, 0.1) is 10.1 Å². The minimum atomic E-state index is -0.383. The average Bonchev–Trinajstić information content (AvgIpc) is 2.51. The van der Waals surface area contributed by atoms with Crippen molar-refractivity contribution in [2.45, 2.75) is 29.2 Å². The highest BCUT2D eigenvalue weighted by molar-refractivity contribution is 7.99. The van der Waals surface area contributed by atoms with Crippen molar-refractivity contribution < 1.29 is 4.92 Å². The van der Waals surface area contributed by atoms with Gasteiger partial charge in [0.2, 0.25) is 0 Å². The van der Waals surface area contributed by atoms with Gasteiger partial charge in [0.05, 0.1) is 4.92 Å². The Bertz CT molecular complexity index is 593. The first-order chi connectivity index (χ1) is 10.1. The number of non-ortho nitro benzene ring substituents is 1. The van der Waals surface area contributed by atoms with Gasteiger partial charge in [-0.25, -0.2) is 0 Å². The van der Waals surface area contributed by atoms with E-state index in [0.29, 0.717) is 6.04 Å². The summed E-state index contributed by atoms with van der Waals surface area (Å²) in [5.41, 5.74) is 1.39. The molecule has 1 N–H and O–H groups in total. The summed E-state index contributed by atoms with van der Waals surface area (Å²) in [5.74, 6) is 0. The minimum absolute atomic E-state index is 0.120. The second-order valence-electron chi connectivity index (χ2n) is 4.67. The average molecular weight is 302 g/mol. The normalized spacial score (nSPS) is 12.1. The van der Waals surface area contributed by atoms with Gasteiger partial charge in [-0.15, -0.1) is 0 Å². The maximum absolute atomic E-state index is 10.6. The van der Waals surface area contributed by atoms with Gasteiger partial charge in [0, 0.05) is 28.0 Å². The number of hydrogen-bond donors (Lipinski definition) is 1. The molecule has 0 aliphatic carbocycles. The maximum atomic E-state index is 10.6. The molecule has 0 heterocycles. The number of nitro groups is 1. The Morgan fingerprint density at radius 3 is 2.05 bits per heavy atom. The largest absolute Gasteiger partial charge is 0.313 e. The molecule has 0 radical (unpaired) electrons. The Kier molecular flexibility index (Phi) is 5.36. The lowest BCUT2D eigenvalue weighted by molar-refractivity contribution is -0.384. The van der Waals surface area contributed by atoms with Gasteiger partial charge in [-0.05, 0) is 43.3 Å². The molecule has 5 heteroatoms. The van der Waals surface area contributed by atoms with E-state index in [1.54, 1.807) is 23.9 Å². The summed E-state index contributed by atoms with van der Waals surface area (Å²) >= 11 is 1.60. The topological polar surface area (TPSA) is 55.2 Å². The second kappa shape index (κ2) is 7.24. The Balaban J connectivity index is 2.07. The molecule has 2 aromatic rings. The molecule has 4 nitrogen and oxygen atoms in total. The van der Waals surface area contributed by atoms with Crippen LogP contribution < -0.4 is 5.32 Å². The Labute approximate surface area is 128 Å². The van der Waals surface area contributed by atoms with Crippen molar-refractivity contribution in [1.29, 1.82) is 0 Å². The van der Waals surface area contributed by atoms with Gasteiger partial charge < -0.3 is 5.32 Å². The standard InChI is InChI=1S/C16H18N2O2S/c1-3-16(17-2)12-4-8-14(9-5-12)21-15-10-6-13(7-11-15)18(19)20/h4-11,16-17H,3H2,1-2H3. The van der Waals surface area contributed by atoms with Crippen LogP contribution in [0.3, 0.4) is 0 Å². The van der Waals surface area contributed by atoms with Crippen LogP contribution in [-0.2, 0) is 0 Å². The van der Waals surface area contributed by atoms with E-state index in [9.17, 15) is 10.1 Å². The van der Waals surface area contributed by atoms with E-state index < -0.39 is 0 Å². The van der Waals surface area contributed by atoms with Crippen LogP contribution in [-0.4, -0.2) is 12.0 Å². The zero-order chi connectivity index (χ0) is 15.2. The lowest BCUT2D eigenvalue weighted by Crippen LogP contribution is -2.14. The predicted octanol–water partition coefficient (Wildman–Crippen LogP) is 4.42. The summed E-state index contributed by atoms with van der Waals surface area (Å²) in [5, 5.41) is 13.9. The molecule has 0 aliphatic rings. The number of nitrogens with one attached hydrogen (secondary N) is 1. The number of benzene rings is 2. The minimum Gasteiger partial charge on any atom is -0.313 e. The van der Waals surface area contributed by atoms with Crippen LogP contribution in [0.15, 0.2) is 58.3 Å². The molecule has 0 saturated heterocycles. The van der Waals surface area contributed by atoms with Crippen LogP contribution in [0.1, 0.15) is 24.9 Å². The monoisotopic (exact) mass is 302 g/mol. The van der Waals surface area contributed by atoms with Crippen LogP contribution in [0.25, 0.3) is 0 Å². The number of nitrogens with zero attached hydrogens (tertiary/aromatic N) is 1. The van der Waals surface area contributed by atoms with Crippen LogP contribution in [0.2, 0.25) is 0 Å². The van der Waals surface area contributed by atoms with Crippen LogP contribution in [0.5, 0.6) is 0 Å². The fraction of sp³-hybridized carbons (Fsp3) is 0.250. The molecule has 0 bridgehead atoms. The molecule has 0 aromatic heterocycles. The molecular weight excluding hydrogens is 284 g/mol. The number of hydrogen-bond acceptors (Lipinski definition) is 4. The van der Waals surface area contributed by atoms with Crippen molar-refractivity contribution >= 4 is 17.4 Å². The quantitative estimate of drug-likeness (QED) is 0.634. The first kappa shape index (κ1) is 15.5. The van der Waals surface area contributed by atoms with Gasteiger partial charge in [0.25, 0.3) is 5.69 Å². The summed E-state index contributed by atoms with van der Waals surface area (Å²) in [7, 11) is 1.97. The third kappa shape index (κ3) is 4.06. The predicted molar refractivity (Wildman–Crippen MR) is 85.8 cm³/mol. The fourth-order valence-electron chi connectivity index (χ4n) is 2.15. The molecule has 110 valence electrons. The molecule has 21 heavy (non-hydrogen) atoms. The van der Waals surface area contributed by atoms with Crippen LogP contribution >= 0.6 is 11.8 Å². The lowest BCUT2D eigenvalue weighted by atomic mass is 10.1. The Morgan fingerprint density at radius 1 is 1.10 bits per heavy atom. The van der Waals surface area contributed by atoms with Crippen molar-refractivity contribution in [2.75, 3.05) is 7.05 Å². The smallest absolute Gasteiger partial charge is 0.269 e. The fourth-order valence-corrected chi connectivity index (χ4v) is 2.96. The van der Waals surface area contributed by atoms with E-state index in [1.165, 1.54) is 17.7 Å². The molecule has 0 aliphatic heterocycles. The summed E-state index contributed by atoms with van der Waals surface area (Å²) in [6, 6.07) is 15.4. The zero-order valence-electron chi connectivity index (χ0n) is 12.1. The third-order valence-corrected chi connectivity index (χ3v) is 4.34.